The Labute approximate surface area is 129 Å². The predicted octanol–water partition coefficient (Wildman–Crippen LogP) is 2.37. The summed E-state index contributed by atoms with van der Waals surface area (Å²) in [6.45, 7) is 4.43. The van der Waals surface area contributed by atoms with Crippen LogP contribution in [0.4, 0.5) is 10.6 Å². The molecule has 0 radical (unpaired) electrons. The maximum atomic E-state index is 12.0. The van der Waals surface area contributed by atoms with Crippen LogP contribution in [-0.2, 0) is 4.74 Å². The smallest absolute Gasteiger partial charge is 0.320 e. The van der Waals surface area contributed by atoms with Gasteiger partial charge in [-0.05, 0) is 26.0 Å². The van der Waals surface area contributed by atoms with E-state index in [-0.39, 0.29) is 18.1 Å². The molecule has 0 fully saturated rings. The number of nitrogens with one attached hydrogen (secondary N) is 2. The average Bonchev–Trinajstić information content (AvgIpc) is 2.96. The summed E-state index contributed by atoms with van der Waals surface area (Å²) in [5.74, 6) is 0.494. The third-order valence-corrected chi connectivity index (χ3v) is 3.19. The Hall–Kier alpha value is -2.41. The van der Waals surface area contributed by atoms with Crippen molar-refractivity contribution < 1.29 is 9.53 Å². The average molecular weight is 303 g/mol. The quantitative estimate of drug-likeness (QED) is 0.858. The molecule has 118 valence electrons. The van der Waals surface area contributed by atoms with Crippen molar-refractivity contribution in [3.8, 4) is 0 Å². The fraction of sp³-hybridized carbons (Fsp3) is 0.400. The number of hydrogen-bond acceptors (Lipinski definition) is 4. The first-order chi connectivity index (χ1) is 10.6. The molecule has 2 amide bonds. The van der Waals surface area contributed by atoms with Gasteiger partial charge in [0.25, 0.3) is 0 Å². The zero-order valence-electron chi connectivity index (χ0n) is 13.0. The van der Waals surface area contributed by atoms with E-state index in [1.54, 1.807) is 24.1 Å². The Morgan fingerprint density at radius 1 is 1.36 bits per heavy atom. The number of nitrogens with zero attached hydrogens (tertiary/aromatic N) is 3. The standard InChI is InChI=1S/C15H21N5O2/c1-11(10-22-3)20-9-7-14(19-20)18-15(21)17-12(2)13-6-4-5-8-16-13/h4-9,11-12H,10H2,1-3H3,(H2,17,18,19,21)/t11-,12+/m1/s1. The van der Waals surface area contributed by atoms with Gasteiger partial charge in [-0.15, -0.1) is 0 Å². The van der Waals surface area contributed by atoms with Crippen LogP contribution in [0.2, 0.25) is 0 Å². The predicted molar refractivity (Wildman–Crippen MR) is 83.6 cm³/mol. The number of pyridine rings is 1. The summed E-state index contributed by atoms with van der Waals surface area (Å²) in [5.41, 5.74) is 0.803. The van der Waals surface area contributed by atoms with Crippen molar-refractivity contribution in [1.29, 1.82) is 0 Å². The third-order valence-electron chi connectivity index (χ3n) is 3.19. The van der Waals surface area contributed by atoms with Crippen LogP contribution in [0.1, 0.15) is 31.6 Å². The zero-order chi connectivity index (χ0) is 15.9. The molecule has 2 rings (SSSR count). The topological polar surface area (TPSA) is 81.1 Å². The Morgan fingerprint density at radius 3 is 2.86 bits per heavy atom. The molecule has 2 heterocycles. The number of anilines is 1. The second-order valence-electron chi connectivity index (χ2n) is 5.06. The van der Waals surface area contributed by atoms with Gasteiger partial charge >= 0.3 is 6.03 Å². The van der Waals surface area contributed by atoms with E-state index in [1.165, 1.54) is 0 Å². The SMILES string of the molecule is COC[C@@H](C)n1ccc(NC(=O)N[C@@H](C)c2ccccn2)n1. The van der Waals surface area contributed by atoms with E-state index in [4.69, 9.17) is 4.74 Å². The fourth-order valence-corrected chi connectivity index (χ4v) is 2.02. The molecule has 7 heteroatoms. The first-order valence-corrected chi connectivity index (χ1v) is 7.12. The maximum absolute atomic E-state index is 12.0. The highest BCUT2D eigenvalue weighted by Gasteiger charge is 2.12. The maximum Gasteiger partial charge on any atom is 0.320 e. The van der Waals surface area contributed by atoms with Crippen LogP contribution < -0.4 is 10.6 Å². The van der Waals surface area contributed by atoms with Gasteiger partial charge in [0.15, 0.2) is 5.82 Å². The molecule has 0 bridgehead atoms. The van der Waals surface area contributed by atoms with Crippen molar-refractivity contribution in [3.05, 3.63) is 42.4 Å². The van der Waals surface area contributed by atoms with Gasteiger partial charge in [0.05, 0.1) is 24.4 Å². The number of ether oxygens (including phenoxy) is 1. The van der Waals surface area contributed by atoms with Crippen LogP contribution in [0.3, 0.4) is 0 Å². The van der Waals surface area contributed by atoms with Crippen LogP contribution in [-0.4, -0.2) is 34.5 Å². The summed E-state index contributed by atoms with van der Waals surface area (Å²) < 4.78 is 6.83. The molecule has 2 N–H and O–H groups in total. The molecule has 0 unspecified atom stereocenters. The highest BCUT2D eigenvalue weighted by atomic mass is 16.5. The highest BCUT2D eigenvalue weighted by molar-refractivity contribution is 5.88. The van der Waals surface area contributed by atoms with Gasteiger partial charge in [0, 0.05) is 25.6 Å². The number of carbonyl (C=O) groups excluding carboxylic acids is 1. The van der Waals surface area contributed by atoms with Gasteiger partial charge in [-0.25, -0.2) is 4.79 Å². The number of hydrogen-bond donors (Lipinski definition) is 2. The normalized spacial score (nSPS) is 13.4. The molecule has 0 saturated carbocycles. The number of methoxy groups -OCH3 is 1. The molecule has 2 aromatic rings. The third kappa shape index (κ3) is 4.29. The second kappa shape index (κ2) is 7.56. The molecule has 0 aliphatic rings. The summed E-state index contributed by atoms with van der Waals surface area (Å²) in [6.07, 6.45) is 3.51. The lowest BCUT2D eigenvalue weighted by Crippen LogP contribution is -2.31. The molecular formula is C15H21N5O2. The van der Waals surface area contributed by atoms with E-state index in [1.807, 2.05) is 38.2 Å². The van der Waals surface area contributed by atoms with E-state index in [0.717, 1.165) is 5.69 Å². The van der Waals surface area contributed by atoms with Crippen molar-refractivity contribution >= 4 is 11.8 Å². The number of urea groups is 1. The molecule has 22 heavy (non-hydrogen) atoms. The minimum Gasteiger partial charge on any atom is -0.382 e. The van der Waals surface area contributed by atoms with E-state index in [2.05, 4.69) is 20.7 Å². The lowest BCUT2D eigenvalue weighted by atomic mass is 10.2. The van der Waals surface area contributed by atoms with Crippen LogP contribution >= 0.6 is 0 Å². The molecule has 0 aliphatic carbocycles. The zero-order valence-corrected chi connectivity index (χ0v) is 13.0. The van der Waals surface area contributed by atoms with Gasteiger partial charge in [-0.2, -0.15) is 5.10 Å². The Morgan fingerprint density at radius 2 is 2.18 bits per heavy atom. The monoisotopic (exact) mass is 303 g/mol. The number of rotatable bonds is 6. The van der Waals surface area contributed by atoms with Gasteiger partial charge in [0.2, 0.25) is 0 Å². The van der Waals surface area contributed by atoms with Crippen LogP contribution in [0, 0.1) is 0 Å². The summed E-state index contributed by atoms with van der Waals surface area (Å²) in [4.78, 5) is 16.2. The van der Waals surface area contributed by atoms with Gasteiger partial charge in [-0.1, -0.05) is 6.07 Å². The highest BCUT2D eigenvalue weighted by Crippen LogP contribution is 2.11. The largest absolute Gasteiger partial charge is 0.382 e. The Balaban J connectivity index is 1.89. The van der Waals surface area contributed by atoms with Crippen molar-refractivity contribution in [2.75, 3.05) is 19.0 Å². The second-order valence-corrected chi connectivity index (χ2v) is 5.06. The molecular weight excluding hydrogens is 282 g/mol. The Bertz CT molecular complexity index is 599. The molecule has 7 nitrogen and oxygen atoms in total. The van der Waals surface area contributed by atoms with Crippen molar-refractivity contribution in [2.24, 2.45) is 0 Å². The van der Waals surface area contributed by atoms with Crippen LogP contribution in [0.25, 0.3) is 0 Å². The van der Waals surface area contributed by atoms with E-state index >= 15 is 0 Å². The minimum atomic E-state index is -0.317. The lowest BCUT2D eigenvalue weighted by Gasteiger charge is -2.13. The molecule has 2 atom stereocenters. The fourth-order valence-electron chi connectivity index (χ4n) is 2.02. The number of aromatic nitrogens is 3. The van der Waals surface area contributed by atoms with E-state index in [9.17, 15) is 4.79 Å². The lowest BCUT2D eigenvalue weighted by molar-refractivity contribution is 0.157. The van der Waals surface area contributed by atoms with Gasteiger partial charge in [0.1, 0.15) is 0 Å². The Kier molecular flexibility index (Phi) is 5.48. The first kappa shape index (κ1) is 16.0. The summed E-state index contributed by atoms with van der Waals surface area (Å²) in [5, 5.41) is 9.83. The summed E-state index contributed by atoms with van der Waals surface area (Å²) in [7, 11) is 1.64. The number of carbonyl (C=O) groups is 1. The number of amides is 2. The minimum absolute atomic E-state index is 0.107. The van der Waals surface area contributed by atoms with Crippen LogP contribution in [0.15, 0.2) is 36.7 Å². The molecule has 0 aromatic carbocycles. The van der Waals surface area contributed by atoms with Crippen molar-refractivity contribution in [1.82, 2.24) is 20.1 Å². The van der Waals surface area contributed by atoms with Crippen molar-refractivity contribution in [3.63, 3.8) is 0 Å². The molecule has 2 aromatic heterocycles. The van der Waals surface area contributed by atoms with E-state index < -0.39 is 0 Å². The molecule has 0 aliphatic heterocycles. The first-order valence-electron chi connectivity index (χ1n) is 7.12. The van der Waals surface area contributed by atoms with Crippen molar-refractivity contribution in [2.45, 2.75) is 25.9 Å². The van der Waals surface area contributed by atoms with E-state index in [0.29, 0.717) is 12.4 Å². The summed E-state index contributed by atoms with van der Waals surface area (Å²) >= 11 is 0. The van der Waals surface area contributed by atoms with Gasteiger partial charge in [-0.3, -0.25) is 15.0 Å². The summed E-state index contributed by atoms with van der Waals surface area (Å²) in [6, 6.07) is 6.94. The molecule has 0 spiro atoms. The van der Waals surface area contributed by atoms with Crippen LogP contribution in [0.5, 0.6) is 0 Å². The van der Waals surface area contributed by atoms with Gasteiger partial charge < -0.3 is 10.1 Å². The molecule has 0 saturated heterocycles.